The number of Topliss-reactive ketones (excluding diaryl/α,β-unsaturated/α-hetero) is 1. The Morgan fingerprint density at radius 3 is 1.94 bits per heavy atom. The number of ketones is 1. The fourth-order valence-electron chi connectivity index (χ4n) is 4.12. The maximum absolute atomic E-state index is 13.8. The molecule has 8 nitrogen and oxygen atoms in total. The van der Waals surface area contributed by atoms with E-state index in [0.717, 1.165) is 5.56 Å². The zero-order valence-corrected chi connectivity index (χ0v) is 21.8. The van der Waals surface area contributed by atoms with Crippen molar-refractivity contribution in [2.24, 2.45) is 17.4 Å². The highest BCUT2D eigenvalue weighted by Gasteiger charge is 2.41. The summed E-state index contributed by atoms with van der Waals surface area (Å²) in [4.78, 5) is 26.3. The minimum atomic E-state index is -1.49. The van der Waals surface area contributed by atoms with Crippen LogP contribution in [0.5, 0.6) is 0 Å². The molecule has 8 heteroatoms. The lowest BCUT2D eigenvalue weighted by Gasteiger charge is -2.35. The molecule has 2 aromatic rings. The fourth-order valence-corrected chi connectivity index (χ4v) is 4.12. The SMILES string of the molecule is CC(C)[C@H](NC(=O)OC(C)(C)C)C(=O)C(c1ccccc1)C(N)C(O)C(O)C(N)Cc1ccccc1. The van der Waals surface area contributed by atoms with E-state index in [1.165, 1.54) is 0 Å². The topological polar surface area (TPSA) is 148 Å². The molecule has 36 heavy (non-hydrogen) atoms. The molecule has 0 radical (unpaired) electrons. The maximum Gasteiger partial charge on any atom is 0.408 e. The third-order valence-corrected chi connectivity index (χ3v) is 5.99. The predicted molar refractivity (Wildman–Crippen MR) is 140 cm³/mol. The van der Waals surface area contributed by atoms with E-state index in [2.05, 4.69) is 5.32 Å². The molecule has 7 N–H and O–H groups in total. The largest absolute Gasteiger partial charge is 0.444 e. The minimum absolute atomic E-state index is 0.286. The number of ether oxygens (including phenoxy) is 1. The summed E-state index contributed by atoms with van der Waals surface area (Å²) < 4.78 is 5.35. The standard InChI is InChI=1S/C28H41N3O5/c1-17(2)23(31-27(35)36-28(3,4)5)25(33)21(19-14-10-7-11-15-19)22(30)26(34)24(32)20(29)16-18-12-8-6-9-13-18/h6-15,17,20-24,26,32,34H,16,29-30H2,1-5H3,(H,31,35)/t20?,21?,22?,23-,24?,26?/m0/s1. The van der Waals surface area contributed by atoms with Crippen LogP contribution in [0.15, 0.2) is 60.7 Å². The van der Waals surface area contributed by atoms with Crippen LogP contribution in [0.4, 0.5) is 4.79 Å². The molecule has 6 atom stereocenters. The summed E-state index contributed by atoms with van der Waals surface area (Å²) in [5.74, 6) is -1.69. The van der Waals surface area contributed by atoms with E-state index in [9.17, 15) is 19.8 Å². The van der Waals surface area contributed by atoms with Crippen molar-refractivity contribution in [1.82, 2.24) is 5.32 Å². The molecular weight excluding hydrogens is 458 g/mol. The number of carbonyl (C=O) groups excluding carboxylic acids is 2. The summed E-state index contributed by atoms with van der Waals surface area (Å²) >= 11 is 0. The van der Waals surface area contributed by atoms with Crippen LogP contribution in [-0.2, 0) is 16.0 Å². The number of benzene rings is 2. The molecule has 2 rings (SSSR count). The number of nitrogens with two attached hydrogens (primary N) is 2. The van der Waals surface area contributed by atoms with Gasteiger partial charge in [0.25, 0.3) is 0 Å². The molecule has 0 saturated carbocycles. The van der Waals surface area contributed by atoms with Gasteiger partial charge in [-0.3, -0.25) is 4.79 Å². The lowest BCUT2D eigenvalue weighted by atomic mass is 9.78. The molecule has 1 amide bonds. The number of aliphatic hydroxyl groups excluding tert-OH is 2. The lowest BCUT2D eigenvalue weighted by Crippen LogP contribution is -2.57. The van der Waals surface area contributed by atoms with Crippen molar-refractivity contribution in [2.75, 3.05) is 0 Å². The van der Waals surface area contributed by atoms with Crippen molar-refractivity contribution in [3.05, 3.63) is 71.8 Å². The van der Waals surface area contributed by atoms with Crippen LogP contribution in [0.1, 0.15) is 51.7 Å². The van der Waals surface area contributed by atoms with Crippen molar-refractivity contribution >= 4 is 11.9 Å². The fraction of sp³-hybridized carbons (Fsp3) is 0.500. The average Bonchev–Trinajstić information content (AvgIpc) is 2.81. The summed E-state index contributed by atoms with van der Waals surface area (Å²) in [5, 5.41) is 24.6. The van der Waals surface area contributed by atoms with Crippen molar-refractivity contribution < 1.29 is 24.5 Å². The molecule has 198 valence electrons. The molecule has 2 aromatic carbocycles. The highest BCUT2D eigenvalue weighted by atomic mass is 16.6. The Kier molecular flexibility index (Phi) is 10.6. The second-order valence-electron chi connectivity index (χ2n) is 10.6. The summed E-state index contributed by atoms with van der Waals surface area (Å²) in [7, 11) is 0. The number of amides is 1. The van der Waals surface area contributed by atoms with Crippen LogP contribution in [0.3, 0.4) is 0 Å². The Bertz CT molecular complexity index is 962. The summed E-state index contributed by atoms with van der Waals surface area (Å²) in [6.45, 7) is 8.80. The van der Waals surface area contributed by atoms with E-state index in [-0.39, 0.29) is 5.92 Å². The third kappa shape index (κ3) is 8.41. The molecule has 0 spiro atoms. The first-order valence-corrected chi connectivity index (χ1v) is 12.3. The first-order valence-electron chi connectivity index (χ1n) is 12.3. The highest BCUT2D eigenvalue weighted by Crippen LogP contribution is 2.27. The quantitative estimate of drug-likeness (QED) is 0.319. The zero-order valence-electron chi connectivity index (χ0n) is 21.8. The summed E-state index contributed by atoms with van der Waals surface area (Å²) in [6, 6.07) is 15.2. The Balaban J connectivity index is 2.30. The lowest BCUT2D eigenvalue weighted by molar-refractivity contribution is -0.125. The van der Waals surface area contributed by atoms with E-state index in [0.29, 0.717) is 12.0 Å². The second-order valence-corrected chi connectivity index (χ2v) is 10.6. The Morgan fingerprint density at radius 1 is 0.917 bits per heavy atom. The number of hydrogen-bond donors (Lipinski definition) is 5. The molecule has 0 saturated heterocycles. The van der Waals surface area contributed by atoms with Crippen molar-refractivity contribution in [3.63, 3.8) is 0 Å². The van der Waals surface area contributed by atoms with Gasteiger partial charge in [0.2, 0.25) is 0 Å². The zero-order chi connectivity index (χ0) is 27.0. The van der Waals surface area contributed by atoms with E-state index >= 15 is 0 Å². The molecule has 0 fully saturated rings. The van der Waals surface area contributed by atoms with Crippen molar-refractivity contribution in [2.45, 2.75) is 82.9 Å². The van der Waals surface area contributed by atoms with Gasteiger partial charge in [-0.05, 0) is 44.2 Å². The van der Waals surface area contributed by atoms with Crippen LogP contribution >= 0.6 is 0 Å². The smallest absolute Gasteiger partial charge is 0.408 e. The van der Waals surface area contributed by atoms with Crippen molar-refractivity contribution in [1.29, 1.82) is 0 Å². The molecule has 0 heterocycles. The van der Waals surface area contributed by atoms with Gasteiger partial charge in [0, 0.05) is 12.1 Å². The number of aliphatic hydroxyl groups is 2. The number of carbonyl (C=O) groups is 2. The molecular formula is C28H41N3O5. The molecule has 0 aliphatic rings. The maximum atomic E-state index is 13.8. The summed E-state index contributed by atoms with van der Waals surface area (Å²) in [6.07, 6.45) is -3.27. The van der Waals surface area contributed by atoms with Crippen LogP contribution in [-0.4, -0.2) is 58.0 Å². The Hall–Kier alpha value is -2.78. The first kappa shape index (κ1) is 29.5. The first-order chi connectivity index (χ1) is 16.8. The van der Waals surface area contributed by atoms with Gasteiger partial charge in [-0.15, -0.1) is 0 Å². The van der Waals surface area contributed by atoms with Crippen molar-refractivity contribution in [3.8, 4) is 0 Å². The number of hydrogen-bond acceptors (Lipinski definition) is 7. The van der Waals surface area contributed by atoms with Gasteiger partial charge in [-0.2, -0.15) is 0 Å². The highest BCUT2D eigenvalue weighted by molar-refractivity contribution is 5.93. The summed E-state index contributed by atoms with van der Waals surface area (Å²) in [5.41, 5.74) is 13.4. The van der Waals surface area contributed by atoms with Gasteiger partial charge in [0.1, 0.15) is 5.60 Å². The predicted octanol–water partition coefficient (Wildman–Crippen LogP) is 2.51. The van der Waals surface area contributed by atoms with Gasteiger partial charge in [-0.25, -0.2) is 4.79 Å². The minimum Gasteiger partial charge on any atom is -0.444 e. The molecule has 5 unspecified atom stereocenters. The second kappa shape index (κ2) is 13.0. The van der Waals surface area contributed by atoms with Gasteiger partial charge >= 0.3 is 6.09 Å². The monoisotopic (exact) mass is 499 g/mol. The number of alkyl carbamates (subject to hydrolysis) is 1. The van der Waals surface area contributed by atoms with Gasteiger partial charge < -0.3 is 31.7 Å². The average molecular weight is 500 g/mol. The molecule has 0 aliphatic carbocycles. The van der Waals surface area contributed by atoms with E-state index in [1.807, 2.05) is 30.3 Å². The third-order valence-electron chi connectivity index (χ3n) is 5.99. The number of nitrogens with one attached hydrogen (secondary N) is 1. The van der Waals surface area contributed by atoms with Gasteiger partial charge in [0.15, 0.2) is 5.78 Å². The number of rotatable bonds is 11. The van der Waals surface area contributed by atoms with E-state index < -0.39 is 53.7 Å². The molecule has 0 aliphatic heterocycles. The van der Waals surface area contributed by atoms with Crippen LogP contribution < -0.4 is 16.8 Å². The van der Waals surface area contributed by atoms with E-state index in [1.54, 1.807) is 65.0 Å². The van der Waals surface area contributed by atoms with Crippen LogP contribution in [0, 0.1) is 5.92 Å². The Labute approximate surface area is 214 Å². The normalized spacial score (nSPS) is 16.9. The van der Waals surface area contributed by atoms with Crippen LogP contribution in [0.2, 0.25) is 0 Å². The van der Waals surface area contributed by atoms with E-state index in [4.69, 9.17) is 16.2 Å². The van der Waals surface area contributed by atoms with Gasteiger partial charge in [-0.1, -0.05) is 74.5 Å². The molecule has 0 bridgehead atoms. The van der Waals surface area contributed by atoms with Crippen LogP contribution in [0.25, 0.3) is 0 Å². The molecule has 0 aromatic heterocycles. The Morgan fingerprint density at radius 2 is 1.44 bits per heavy atom. The van der Waals surface area contributed by atoms with Gasteiger partial charge in [0.05, 0.1) is 24.2 Å².